The van der Waals surface area contributed by atoms with E-state index in [9.17, 15) is 9.90 Å². The van der Waals surface area contributed by atoms with Crippen LogP contribution in [0.4, 0.5) is 0 Å². The summed E-state index contributed by atoms with van der Waals surface area (Å²) >= 11 is 3.47. The molecule has 1 saturated heterocycles. The van der Waals surface area contributed by atoms with Gasteiger partial charge in [-0.15, -0.1) is 0 Å². The van der Waals surface area contributed by atoms with E-state index in [0.717, 1.165) is 31.3 Å². The molecule has 0 radical (unpaired) electrons. The van der Waals surface area contributed by atoms with Crippen LogP contribution in [0.3, 0.4) is 0 Å². The van der Waals surface area contributed by atoms with Gasteiger partial charge in [0.2, 0.25) is 0 Å². The molecule has 0 aromatic heterocycles. The van der Waals surface area contributed by atoms with Gasteiger partial charge in [-0.1, -0.05) is 22.0 Å². The van der Waals surface area contributed by atoms with Gasteiger partial charge >= 0.3 is 0 Å². The summed E-state index contributed by atoms with van der Waals surface area (Å²) in [5, 5.41) is 10.7. The fourth-order valence-corrected chi connectivity index (χ4v) is 3.31. The molecule has 1 heterocycles. The Morgan fingerprint density at radius 1 is 1.53 bits per heavy atom. The minimum atomic E-state index is 0.0488. The quantitative estimate of drug-likeness (QED) is 0.866. The monoisotopic (exact) mass is 325 g/mol. The Morgan fingerprint density at radius 2 is 2.32 bits per heavy atom. The van der Waals surface area contributed by atoms with Crippen molar-refractivity contribution in [2.24, 2.45) is 5.92 Å². The summed E-state index contributed by atoms with van der Waals surface area (Å²) in [5.74, 6) is 0.835. The minimum absolute atomic E-state index is 0.0488. The number of piperidine rings is 1. The van der Waals surface area contributed by atoms with Crippen LogP contribution in [0.1, 0.15) is 35.2 Å². The number of nitrogens with zero attached hydrogens (tertiary/aromatic N) is 1. The van der Waals surface area contributed by atoms with E-state index in [-0.39, 0.29) is 11.7 Å². The molecule has 1 atom stereocenters. The summed E-state index contributed by atoms with van der Waals surface area (Å²) < 4.78 is 0. The molecule has 1 aromatic carbocycles. The van der Waals surface area contributed by atoms with Crippen LogP contribution >= 0.6 is 15.9 Å². The van der Waals surface area contributed by atoms with Crippen molar-refractivity contribution in [3.05, 3.63) is 29.3 Å². The summed E-state index contributed by atoms with van der Waals surface area (Å²) in [4.78, 5) is 14.5. The van der Waals surface area contributed by atoms with Crippen molar-refractivity contribution >= 4 is 21.8 Å². The van der Waals surface area contributed by atoms with Gasteiger partial charge in [-0.25, -0.2) is 0 Å². The van der Waals surface area contributed by atoms with Gasteiger partial charge in [0.05, 0.1) is 0 Å². The number of phenolic OH excluding ortho intramolecular Hbond substituents is 1. The summed E-state index contributed by atoms with van der Waals surface area (Å²) in [7, 11) is 0. The molecule has 1 fully saturated rings. The van der Waals surface area contributed by atoms with E-state index in [4.69, 9.17) is 0 Å². The molecular weight excluding hydrogens is 306 g/mol. The van der Waals surface area contributed by atoms with E-state index in [1.807, 2.05) is 4.90 Å². The number of rotatable bonds is 3. The van der Waals surface area contributed by atoms with Crippen molar-refractivity contribution in [3.63, 3.8) is 0 Å². The molecule has 1 N–H and O–H groups in total. The Bertz CT molecular complexity index is 459. The van der Waals surface area contributed by atoms with Crippen molar-refractivity contribution in [3.8, 4) is 5.75 Å². The minimum Gasteiger partial charge on any atom is -0.508 e. The molecule has 1 aliphatic heterocycles. The van der Waals surface area contributed by atoms with Gasteiger partial charge in [0.15, 0.2) is 0 Å². The highest BCUT2D eigenvalue weighted by molar-refractivity contribution is 9.09. The number of hydrogen-bond donors (Lipinski definition) is 1. The normalized spacial score (nSPS) is 19.5. The number of phenols is 1. The first-order chi connectivity index (χ1) is 9.13. The second-order valence-electron chi connectivity index (χ2n) is 5.19. The molecule has 3 nitrogen and oxygen atoms in total. The number of carbonyl (C=O) groups is 1. The first kappa shape index (κ1) is 14.4. The second kappa shape index (κ2) is 6.42. The zero-order valence-corrected chi connectivity index (χ0v) is 12.8. The predicted molar refractivity (Wildman–Crippen MR) is 79.9 cm³/mol. The molecular formula is C15H20BrNO2. The third kappa shape index (κ3) is 3.30. The number of likely N-dealkylation sites (tertiary alicyclic amines) is 1. The molecule has 4 heteroatoms. The number of halogens is 1. The van der Waals surface area contributed by atoms with Crippen molar-refractivity contribution < 1.29 is 9.90 Å². The molecule has 19 heavy (non-hydrogen) atoms. The van der Waals surface area contributed by atoms with Gasteiger partial charge in [-0.3, -0.25) is 4.79 Å². The fraction of sp³-hybridized carbons (Fsp3) is 0.533. The van der Waals surface area contributed by atoms with E-state index in [0.29, 0.717) is 17.0 Å². The van der Waals surface area contributed by atoms with Crippen LogP contribution in [-0.2, 0) is 0 Å². The lowest BCUT2D eigenvalue weighted by Gasteiger charge is -2.33. The predicted octanol–water partition coefficient (Wildman–Crippen LogP) is 3.34. The van der Waals surface area contributed by atoms with Crippen molar-refractivity contribution in [1.82, 2.24) is 4.90 Å². The molecule has 1 aliphatic rings. The van der Waals surface area contributed by atoms with E-state index in [1.54, 1.807) is 25.1 Å². The third-order valence-electron chi connectivity index (χ3n) is 3.86. The molecule has 0 saturated carbocycles. The maximum Gasteiger partial charge on any atom is 0.254 e. The van der Waals surface area contributed by atoms with E-state index in [2.05, 4.69) is 15.9 Å². The SMILES string of the molecule is Cc1c(O)cccc1C(=O)N1CCCC(CCBr)C1. The molecule has 1 amide bonds. The molecule has 0 spiro atoms. The van der Waals surface area contributed by atoms with E-state index in [1.165, 1.54) is 6.42 Å². The van der Waals surface area contributed by atoms with Gasteiger partial charge < -0.3 is 10.0 Å². The van der Waals surface area contributed by atoms with E-state index >= 15 is 0 Å². The first-order valence-electron chi connectivity index (χ1n) is 6.77. The van der Waals surface area contributed by atoms with Crippen LogP contribution in [0, 0.1) is 12.8 Å². The lowest BCUT2D eigenvalue weighted by molar-refractivity contribution is 0.0671. The Kier molecular flexibility index (Phi) is 4.86. The van der Waals surface area contributed by atoms with Crippen LogP contribution in [0.25, 0.3) is 0 Å². The Balaban J connectivity index is 2.12. The maximum atomic E-state index is 12.5. The van der Waals surface area contributed by atoms with E-state index < -0.39 is 0 Å². The summed E-state index contributed by atoms with van der Waals surface area (Å²) in [6.45, 7) is 3.45. The van der Waals surface area contributed by atoms with Crippen LogP contribution in [0.2, 0.25) is 0 Å². The van der Waals surface area contributed by atoms with Crippen molar-refractivity contribution in [2.45, 2.75) is 26.2 Å². The largest absolute Gasteiger partial charge is 0.508 e. The first-order valence-corrected chi connectivity index (χ1v) is 7.89. The van der Waals surface area contributed by atoms with Crippen molar-refractivity contribution in [2.75, 3.05) is 18.4 Å². The maximum absolute atomic E-state index is 12.5. The average molecular weight is 326 g/mol. The van der Waals surface area contributed by atoms with Gasteiger partial charge in [-0.05, 0) is 44.2 Å². The van der Waals surface area contributed by atoms with Crippen LogP contribution in [0.15, 0.2) is 18.2 Å². The molecule has 0 bridgehead atoms. The van der Waals surface area contributed by atoms with Gasteiger partial charge in [0.1, 0.15) is 5.75 Å². The Morgan fingerprint density at radius 3 is 3.05 bits per heavy atom. The van der Waals surface area contributed by atoms with Crippen LogP contribution in [-0.4, -0.2) is 34.3 Å². The molecule has 1 aromatic rings. The second-order valence-corrected chi connectivity index (χ2v) is 5.98. The zero-order chi connectivity index (χ0) is 13.8. The van der Waals surface area contributed by atoms with Crippen molar-refractivity contribution in [1.29, 1.82) is 0 Å². The zero-order valence-electron chi connectivity index (χ0n) is 11.2. The average Bonchev–Trinajstić information content (AvgIpc) is 2.42. The number of carbonyl (C=O) groups excluding carboxylic acids is 1. The highest BCUT2D eigenvalue weighted by atomic mass is 79.9. The summed E-state index contributed by atoms with van der Waals surface area (Å²) in [5.41, 5.74) is 1.30. The van der Waals surface area contributed by atoms with Crippen LogP contribution in [0.5, 0.6) is 5.75 Å². The van der Waals surface area contributed by atoms with Gasteiger partial charge in [0.25, 0.3) is 5.91 Å². The Hall–Kier alpha value is -1.03. The highest BCUT2D eigenvalue weighted by Gasteiger charge is 2.25. The molecule has 2 rings (SSSR count). The number of alkyl halides is 1. The number of amides is 1. The molecule has 104 valence electrons. The highest BCUT2D eigenvalue weighted by Crippen LogP contribution is 2.25. The molecule has 1 unspecified atom stereocenters. The third-order valence-corrected chi connectivity index (χ3v) is 4.32. The Labute approximate surface area is 122 Å². The molecule has 0 aliphatic carbocycles. The number of hydrogen-bond acceptors (Lipinski definition) is 2. The topological polar surface area (TPSA) is 40.5 Å². The summed E-state index contributed by atoms with van der Waals surface area (Å²) in [6.07, 6.45) is 3.39. The lowest BCUT2D eigenvalue weighted by atomic mass is 9.94. The number of aromatic hydroxyl groups is 1. The summed E-state index contributed by atoms with van der Waals surface area (Å²) in [6, 6.07) is 5.15. The standard InChI is InChI=1S/C15H20BrNO2/c1-11-13(5-2-6-14(11)18)15(19)17-9-3-4-12(10-17)7-8-16/h2,5-6,12,18H,3-4,7-10H2,1H3. The number of benzene rings is 1. The smallest absolute Gasteiger partial charge is 0.254 e. The van der Waals surface area contributed by atoms with Gasteiger partial charge in [-0.2, -0.15) is 0 Å². The van der Waals surface area contributed by atoms with Crippen LogP contribution < -0.4 is 0 Å². The van der Waals surface area contributed by atoms with Gasteiger partial charge in [0, 0.05) is 29.5 Å². The lowest BCUT2D eigenvalue weighted by Crippen LogP contribution is -2.40. The fourth-order valence-electron chi connectivity index (χ4n) is 2.66.